The quantitative estimate of drug-likeness (QED) is 0.553. The lowest BCUT2D eigenvalue weighted by Gasteiger charge is -2.09. The molecule has 26 heavy (non-hydrogen) atoms. The van der Waals surface area contributed by atoms with Gasteiger partial charge in [-0.25, -0.2) is 14.8 Å². The summed E-state index contributed by atoms with van der Waals surface area (Å²) >= 11 is 0. The third kappa shape index (κ3) is 4.36. The van der Waals surface area contributed by atoms with E-state index in [2.05, 4.69) is 15.3 Å². The van der Waals surface area contributed by atoms with Gasteiger partial charge in [-0.3, -0.25) is 0 Å². The van der Waals surface area contributed by atoms with Crippen LogP contribution in [-0.2, 0) is 0 Å². The average molecular weight is 349 g/mol. The van der Waals surface area contributed by atoms with E-state index in [-0.39, 0.29) is 0 Å². The van der Waals surface area contributed by atoms with E-state index < -0.39 is 5.97 Å². The van der Waals surface area contributed by atoms with Crippen molar-refractivity contribution < 1.29 is 14.3 Å². The molecule has 132 valence electrons. The highest BCUT2D eigenvalue weighted by Gasteiger charge is 2.10. The van der Waals surface area contributed by atoms with Gasteiger partial charge in [0.25, 0.3) is 0 Å². The SMILES string of the molecule is COc1cccc(C(=O)Oc2cccc(Nc3nc(C)cc(C)n3)c2)c1. The molecule has 6 nitrogen and oxygen atoms in total. The Kier molecular flexibility index (Phi) is 5.12. The van der Waals surface area contributed by atoms with Crippen LogP contribution in [0, 0.1) is 13.8 Å². The molecular formula is C20H19N3O3. The van der Waals surface area contributed by atoms with Gasteiger partial charge < -0.3 is 14.8 Å². The van der Waals surface area contributed by atoms with Crippen LogP contribution in [0.25, 0.3) is 0 Å². The highest BCUT2D eigenvalue weighted by Crippen LogP contribution is 2.22. The molecule has 0 amide bonds. The molecule has 0 aliphatic rings. The Balaban J connectivity index is 1.75. The molecule has 3 aromatic rings. The number of nitrogens with one attached hydrogen (secondary N) is 1. The smallest absolute Gasteiger partial charge is 0.343 e. The number of aromatic nitrogens is 2. The maximum absolute atomic E-state index is 12.3. The second-order valence-electron chi connectivity index (χ2n) is 5.75. The lowest BCUT2D eigenvalue weighted by atomic mass is 10.2. The summed E-state index contributed by atoms with van der Waals surface area (Å²) in [5.74, 6) is 1.07. The van der Waals surface area contributed by atoms with Crippen molar-refractivity contribution in [2.75, 3.05) is 12.4 Å². The monoisotopic (exact) mass is 349 g/mol. The van der Waals surface area contributed by atoms with E-state index in [0.29, 0.717) is 23.0 Å². The van der Waals surface area contributed by atoms with Crippen LogP contribution in [0.5, 0.6) is 11.5 Å². The number of ether oxygens (including phenoxy) is 2. The molecule has 0 atom stereocenters. The fourth-order valence-electron chi connectivity index (χ4n) is 2.46. The fraction of sp³-hybridized carbons (Fsp3) is 0.150. The summed E-state index contributed by atoms with van der Waals surface area (Å²) in [6, 6.07) is 15.8. The van der Waals surface area contributed by atoms with Gasteiger partial charge in [0, 0.05) is 23.1 Å². The lowest BCUT2D eigenvalue weighted by Crippen LogP contribution is -2.08. The van der Waals surface area contributed by atoms with Gasteiger partial charge in [0.15, 0.2) is 0 Å². The maximum Gasteiger partial charge on any atom is 0.343 e. The first-order valence-corrected chi connectivity index (χ1v) is 8.09. The summed E-state index contributed by atoms with van der Waals surface area (Å²) in [5.41, 5.74) is 2.90. The number of hydrogen-bond donors (Lipinski definition) is 1. The second kappa shape index (κ2) is 7.65. The molecule has 1 N–H and O–H groups in total. The molecule has 0 saturated carbocycles. The van der Waals surface area contributed by atoms with Crippen molar-refractivity contribution >= 4 is 17.6 Å². The first-order chi connectivity index (χ1) is 12.5. The van der Waals surface area contributed by atoms with E-state index >= 15 is 0 Å². The Morgan fingerprint density at radius 1 is 0.923 bits per heavy atom. The maximum atomic E-state index is 12.3. The molecule has 0 aliphatic carbocycles. The molecular weight excluding hydrogens is 330 g/mol. The minimum atomic E-state index is -0.455. The van der Waals surface area contributed by atoms with E-state index in [1.54, 1.807) is 49.6 Å². The molecule has 2 aromatic carbocycles. The topological polar surface area (TPSA) is 73.3 Å². The van der Waals surface area contributed by atoms with Crippen molar-refractivity contribution in [1.82, 2.24) is 9.97 Å². The number of benzene rings is 2. The number of aryl methyl sites for hydroxylation is 2. The molecule has 0 bridgehead atoms. The molecule has 0 saturated heterocycles. The summed E-state index contributed by atoms with van der Waals surface area (Å²) in [6.45, 7) is 3.82. The lowest BCUT2D eigenvalue weighted by molar-refractivity contribution is 0.0734. The van der Waals surface area contributed by atoms with E-state index in [4.69, 9.17) is 9.47 Å². The Morgan fingerprint density at radius 3 is 2.35 bits per heavy atom. The molecule has 0 fully saturated rings. The minimum Gasteiger partial charge on any atom is -0.497 e. The van der Waals surface area contributed by atoms with Crippen LogP contribution in [0.15, 0.2) is 54.6 Å². The molecule has 1 aromatic heterocycles. The normalized spacial score (nSPS) is 10.3. The number of anilines is 2. The van der Waals surface area contributed by atoms with Gasteiger partial charge in [0.1, 0.15) is 11.5 Å². The number of methoxy groups -OCH3 is 1. The number of esters is 1. The second-order valence-corrected chi connectivity index (χ2v) is 5.75. The van der Waals surface area contributed by atoms with Gasteiger partial charge in [-0.2, -0.15) is 0 Å². The van der Waals surface area contributed by atoms with Crippen molar-refractivity contribution in [3.63, 3.8) is 0 Å². The Labute approximate surface area is 151 Å². The van der Waals surface area contributed by atoms with Crippen LogP contribution in [0.4, 0.5) is 11.6 Å². The predicted molar refractivity (Wildman–Crippen MR) is 99.2 cm³/mol. The highest BCUT2D eigenvalue weighted by molar-refractivity contribution is 5.91. The van der Waals surface area contributed by atoms with Crippen LogP contribution in [0.2, 0.25) is 0 Å². The third-order valence-electron chi connectivity index (χ3n) is 3.59. The van der Waals surface area contributed by atoms with Crippen LogP contribution >= 0.6 is 0 Å². The Hall–Kier alpha value is -3.41. The standard InChI is InChI=1S/C20H19N3O3/c1-13-10-14(2)22-20(21-13)23-16-7-5-9-18(12-16)26-19(24)15-6-4-8-17(11-15)25-3/h4-12H,1-3H3,(H,21,22,23). The van der Waals surface area contributed by atoms with Gasteiger partial charge in [0.05, 0.1) is 12.7 Å². The summed E-state index contributed by atoms with van der Waals surface area (Å²) in [6.07, 6.45) is 0. The van der Waals surface area contributed by atoms with Gasteiger partial charge in [-0.1, -0.05) is 12.1 Å². The van der Waals surface area contributed by atoms with Crippen LogP contribution in [-0.4, -0.2) is 23.0 Å². The van der Waals surface area contributed by atoms with Crippen LogP contribution in [0.1, 0.15) is 21.7 Å². The number of nitrogens with zero attached hydrogens (tertiary/aromatic N) is 2. The van der Waals surface area contributed by atoms with Crippen LogP contribution in [0.3, 0.4) is 0 Å². The molecule has 1 heterocycles. The van der Waals surface area contributed by atoms with E-state index in [0.717, 1.165) is 17.1 Å². The van der Waals surface area contributed by atoms with Crippen molar-refractivity contribution in [3.05, 3.63) is 71.5 Å². The van der Waals surface area contributed by atoms with Gasteiger partial charge in [-0.05, 0) is 50.2 Å². The van der Waals surface area contributed by atoms with Gasteiger partial charge in [0.2, 0.25) is 5.95 Å². The Bertz CT molecular complexity index is 921. The zero-order valence-corrected chi connectivity index (χ0v) is 14.8. The summed E-state index contributed by atoms with van der Waals surface area (Å²) in [4.78, 5) is 21.0. The molecule has 0 unspecified atom stereocenters. The average Bonchev–Trinajstić information content (AvgIpc) is 2.61. The largest absolute Gasteiger partial charge is 0.497 e. The summed E-state index contributed by atoms with van der Waals surface area (Å²) in [7, 11) is 1.55. The molecule has 6 heteroatoms. The van der Waals surface area contributed by atoms with Crippen LogP contribution < -0.4 is 14.8 Å². The predicted octanol–water partition coefficient (Wildman–Crippen LogP) is 4.06. The van der Waals surface area contributed by atoms with Crippen molar-refractivity contribution in [1.29, 1.82) is 0 Å². The van der Waals surface area contributed by atoms with Crippen molar-refractivity contribution in [3.8, 4) is 11.5 Å². The number of carbonyl (C=O) groups excluding carboxylic acids is 1. The first kappa shape index (κ1) is 17.4. The summed E-state index contributed by atoms with van der Waals surface area (Å²) < 4.78 is 10.6. The number of rotatable bonds is 5. The van der Waals surface area contributed by atoms with Gasteiger partial charge in [-0.15, -0.1) is 0 Å². The van der Waals surface area contributed by atoms with E-state index in [1.165, 1.54) is 0 Å². The third-order valence-corrected chi connectivity index (χ3v) is 3.59. The molecule has 0 aliphatic heterocycles. The number of carbonyl (C=O) groups is 1. The number of hydrogen-bond acceptors (Lipinski definition) is 6. The summed E-state index contributed by atoms with van der Waals surface area (Å²) in [5, 5.41) is 3.12. The molecule has 0 radical (unpaired) electrons. The van der Waals surface area contributed by atoms with Crippen molar-refractivity contribution in [2.45, 2.75) is 13.8 Å². The zero-order chi connectivity index (χ0) is 18.5. The molecule has 3 rings (SSSR count). The Morgan fingerprint density at radius 2 is 1.62 bits per heavy atom. The van der Waals surface area contributed by atoms with Crippen molar-refractivity contribution in [2.24, 2.45) is 0 Å². The molecule has 0 spiro atoms. The first-order valence-electron chi connectivity index (χ1n) is 8.09. The highest BCUT2D eigenvalue weighted by atomic mass is 16.5. The minimum absolute atomic E-state index is 0.417. The van der Waals surface area contributed by atoms with Gasteiger partial charge >= 0.3 is 5.97 Å². The van der Waals surface area contributed by atoms with E-state index in [9.17, 15) is 4.79 Å². The fourth-order valence-corrected chi connectivity index (χ4v) is 2.46. The van der Waals surface area contributed by atoms with E-state index in [1.807, 2.05) is 26.0 Å². The zero-order valence-electron chi connectivity index (χ0n) is 14.8.